The molecule has 4 heteroatoms. The fraction of sp³-hybridized carbons (Fsp3) is 0.111. The van der Waals surface area contributed by atoms with Gasteiger partial charge in [-0.2, -0.15) is 5.26 Å². The van der Waals surface area contributed by atoms with Crippen LogP contribution < -0.4 is 0 Å². The summed E-state index contributed by atoms with van der Waals surface area (Å²) in [6.07, 6.45) is 0. The number of ketones is 1. The zero-order chi connectivity index (χ0) is 10.0. The average Bonchev–Trinajstić information content (AvgIpc) is 2.09. The molecule has 0 aliphatic heterocycles. The number of benzene rings is 1. The van der Waals surface area contributed by atoms with Crippen LogP contribution in [0.5, 0.6) is 0 Å². The van der Waals surface area contributed by atoms with Crippen LogP contribution in [0.4, 0.5) is 0 Å². The molecule has 0 unspecified atom stereocenters. The van der Waals surface area contributed by atoms with Gasteiger partial charge in [-0.3, -0.25) is 4.79 Å². The molecule has 2 nitrogen and oxygen atoms in total. The monoisotopic (exact) mass is 257 g/mol. The summed E-state index contributed by atoms with van der Waals surface area (Å²) in [4.78, 5) is 11.1. The van der Waals surface area contributed by atoms with E-state index in [1.165, 1.54) is 19.1 Å². The molecule has 0 saturated carbocycles. The SMILES string of the molecule is CC(=O)c1cc(C#N)cc(Cl)c1Br. The van der Waals surface area contributed by atoms with Crippen LogP contribution in [0.25, 0.3) is 0 Å². The van der Waals surface area contributed by atoms with E-state index in [0.717, 1.165) is 0 Å². The summed E-state index contributed by atoms with van der Waals surface area (Å²) in [6.45, 7) is 1.43. The number of nitriles is 1. The Balaban J connectivity index is 3.44. The predicted octanol–water partition coefficient (Wildman–Crippen LogP) is 3.18. The van der Waals surface area contributed by atoms with Crippen LogP contribution in [0.1, 0.15) is 22.8 Å². The smallest absolute Gasteiger partial charge is 0.161 e. The van der Waals surface area contributed by atoms with Gasteiger partial charge in [0, 0.05) is 10.0 Å². The molecule has 0 N–H and O–H groups in total. The molecular weight excluding hydrogens is 253 g/mol. The molecule has 0 atom stereocenters. The highest BCUT2D eigenvalue weighted by molar-refractivity contribution is 9.10. The first-order valence-corrected chi connectivity index (χ1v) is 4.63. The van der Waals surface area contributed by atoms with Crippen LogP contribution in [0.3, 0.4) is 0 Å². The number of rotatable bonds is 1. The molecule has 1 rings (SSSR count). The zero-order valence-corrected chi connectivity index (χ0v) is 9.11. The van der Waals surface area contributed by atoms with Crippen molar-refractivity contribution in [2.45, 2.75) is 6.92 Å². The second kappa shape index (κ2) is 3.91. The van der Waals surface area contributed by atoms with Crippen molar-refractivity contribution in [2.24, 2.45) is 0 Å². The lowest BCUT2D eigenvalue weighted by atomic mass is 10.1. The largest absolute Gasteiger partial charge is 0.294 e. The van der Waals surface area contributed by atoms with E-state index in [4.69, 9.17) is 16.9 Å². The number of nitrogens with zero attached hydrogens (tertiary/aromatic N) is 1. The maximum absolute atomic E-state index is 11.1. The molecule has 0 heterocycles. The summed E-state index contributed by atoms with van der Waals surface area (Å²) in [5.74, 6) is -0.120. The van der Waals surface area contributed by atoms with E-state index < -0.39 is 0 Å². The third-order valence-corrected chi connectivity index (χ3v) is 2.92. The van der Waals surface area contributed by atoms with Gasteiger partial charge < -0.3 is 0 Å². The first-order chi connectivity index (χ1) is 6.06. The third kappa shape index (κ3) is 2.09. The Labute approximate surface area is 89.3 Å². The molecule has 0 radical (unpaired) electrons. The summed E-state index contributed by atoms with van der Waals surface area (Å²) < 4.78 is 0.542. The van der Waals surface area contributed by atoms with Gasteiger partial charge in [-0.1, -0.05) is 11.6 Å². The summed E-state index contributed by atoms with van der Waals surface area (Å²) in [6, 6.07) is 4.96. The lowest BCUT2D eigenvalue weighted by Gasteiger charge is -2.02. The molecule has 0 saturated heterocycles. The van der Waals surface area contributed by atoms with Crippen molar-refractivity contribution in [3.05, 3.63) is 32.8 Å². The number of carbonyl (C=O) groups is 1. The van der Waals surface area contributed by atoms with Gasteiger partial charge in [-0.05, 0) is 35.0 Å². The first kappa shape index (κ1) is 10.2. The van der Waals surface area contributed by atoms with E-state index in [2.05, 4.69) is 15.9 Å². The third-order valence-electron chi connectivity index (χ3n) is 1.54. The molecule has 66 valence electrons. The highest BCUT2D eigenvalue weighted by Crippen LogP contribution is 2.28. The van der Waals surface area contributed by atoms with Gasteiger partial charge in [0.1, 0.15) is 0 Å². The second-order valence-electron chi connectivity index (χ2n) is 2.49. The van der Waals surface area contributed by atoms with E-state index in [0.29, 0.717) is 20.6 Å². The molecule has 0 bridgehead atoms. The van der Waals surface area contributed by atoms with E-state index in [-0.39, 0.29) is 5.78 Å². The zero-order valence-electron chi connectivity index (χ0n) is 6.77. The Morgan fingerprint density at radius 3 is 2.69 bits per heavy atom. The Morgan fingerprint density at radius 1 is 1.62 bits per heavy atom. The summed E-state index contributed by atoms with van der Waals surface area (Å²) in [7, 11) is 0. The topological polar surface area (TPSA) is 40.9 Å². The van der Waals surface area contributed by atoms with Crippen molar-refractivity contribution in [2.75, 3.05) is 0 Å². The fourth-order valence-corrected chi connectivity index (χ4v) is 1.64. The van der Waals surface area contributed by atoms with Gasteiger partial charge in [0.25, 0.3) is 0 Å². The number of carbonyl (C=O) groups excluding carboxylic acids is 1. The van der Waals surface area contributed by atoms with Crippen molar-refractivity contribution in [1.29, 1.82) is 5.26 Å². The molecular formula is C9H5BrClNO. The fourth-order valence-electron chi connectivity index (χ4n) is 0.910. The average molecular weight is 259 g/mol. The quantitative estimate of drug-likeness (QED) is 0.726. The predicted molar refractivity (Wildman–Crippen MR) is 53.9 cm³/mol. The summed E-state index contributed by atoms with van der Waals surface area (Å²) >= 11 is 8.97. The summed E-state index contributed by atoms with van der Waals surface area (Å²) in [5, 5.41) is 9.00. The maximum atomic E-state index is 11.1. The Morgan fingerprint density at radius 2 is 2.23 bits per heavy atom. The molecule has 0 aliphatic rings. The van der Waals surface area contributed by atoms with Crippen LogP contribution in [0.15, 0.2) is 16.6 Å². The van der Waals surface area contributed by atoms with Gasteiger partial charge >= 0.3 is 0 Å². The lowest BCUT2D eigenvalue weighted by Crippen LogP contribution is -1.95. The van der Waals surface area contributed by atoms with E-state index in [1.54, 1.807) is 0 Å². The van der Waals surface area contributed by atoms with Crippen LogP contribution in [-0.4, -0.2) is 5.78 Å². The standard InChI is InChI=1S/C9H5BrClNO/c1-5(13)7-2-6(4-12)3-8(11)9(7)10/h2-3H,1H3. The summed E-state index contributed by atoms with van der Waals surface area (Å²) in [5.41, 5.74) is 0.822. The Kier molecular flexibility index (Phi) is 3.07. The minimum Gasteiger partial charge on any atom is -0.294 e. The molecule has 0 fully saturated rings. The highest BCUT2D eigenvalue weighted by Gasteiger charge is 2.10. The van der Waals surface area contributed by atoms with Crippen LogP contribution in [0.2, 0.25) is 5.02 Å². The number of hydrogen-bond acceptors (Lipinski definition) is 2. The number of hydrogen-bond donors (Lipinski definition) is 0. The van der Waals surface area contributed by atoms with Gasteiger partial charge in [-0.15, -0.1) is 0 Å². The van der Waals surface area contributed by atoms with E-state index >= 15 is 0 Å². The number of Topliss-reactive ketones (excluding diaryl/α,β-unsaturated/α-hetero) is 1. The van der Waals surface area contributed by atoms with Crippen molar-refractivity contribution in [1.82, 2.24) is 0 Å². The molecule has 0 aromatic heterocycles. The van der Waals surface area contributed by atoms with Crippen LogP contribution >= 0.6 is 27.5 Å². The minimum absolute atomic E-state index is 0.120. The molecule has 0 spiro atoms. The Bertz CT molecular complexity index is 409. The van der Waals surface area contributed by atoms with Crippen molar-refractivity contribution in [3.8, 4) is 6.07 Å². The number of halogens is 2. The van der Waals surface area contributed by atoms with Crippen molar-refractivity contribution in [3.63, 3.8) is 0 Å². The Hall–Kier alpha value is -0.850. The van der Waals surface area contributed by atoms with Crippen molar-refractivity contribution >= 4 is 33.3 Å². The molecule has 13 heavy (non-hydrogen) atoms. The maximum Gasteiger partial charge on any atom is 0.161 e. The molecule has 0 aliphatic carbocycles. The lowest BCUT2D eigenvalue weighted by molar-refractivity contribution is 0.101. The highest BCUT2D eigenvalue weighted by atomic mass is 79.9. The van der Waals surface area contributed by atoms with Crippen molar-refractivity contribution < 1.29 is 4.79 Å². The van der Waals surface area contributed by atoms with Gasteiger partial charge in [0.15, 0.2) is 5.78 Å². The first-order valence-electron chi connectivity index (χ1n) is 3.46. The minimum atomic E-state index is -0.120. The van der Waals surface area contributed by atoms with Gasteiger partial charge in [0.2, 0.25) is 0 Å². The van der Waals surface area contributed by atoms with E-state index in [1.807, 2.05) is 6.07 Å². The van der Waals surface area contributed by atoms with Crippen LogP contribution in [0, 0.1) is 11.3 Å². The van der Waals surface area contributed by atoms with Gasteiger partial charge in [-0.25, -0.2) is 0 Å². The second-order valence-corrected chi connectivity index (χ2v) is 3.69. The molecule has 1 aromatic rings. The normalized spacial score (nSPS) is 9.38. The van der Waals surface area contributed by atoms with E-state index in [9.17, 15) is 4.79 Å². The molecule has 0 amide bonds. The van der Waals surface area contributed by atoms with Gasteiger partial charge in [0.05, 0.1) is 16.7 Å². The molecule has 1 aromatic carbocycles. The van der Waals surface area contributed by atoms with Crippen LogP contribution in [-0.2, 0) is 0 Å².